The van der Waals surface area contributed by atoms with Gasteiger partial charge < -0.3 is 10.2 Å². The number of rotatable bonds is 5. The van der Waals surface area contributed by atoms with Crippen molar-refractivity contribution in [1.29, 1.82) is 0 Å². The SMILES string of the molecule is C.Cc1ccc(-n2[nH]c(C)c(N=Nc3cccc(-c4cccc(C(=O)O)c4)c3O)c2=O)cc1C. The number of nitrogens with one attached hydrogen (secondary N) is 1. The van der Waals surface area contributed by atoms with Crippen molar-refractivity contribution in [2.75, 3.05) is 0 Å². The minimum Gasteiger partial charge on any atom is -0.505 e. The Morgan fingerprint density at radius 3 is 2.38 bits per heavy atom. The fourth-order valence-electron chi connectivity index (χ4n) is 3.47. The summed E-state index contributed by atoms with van der Waals surface area (Å²) in [5.41, 5.74) is 4.38. The summed E-state index contributed by atoms with van der Waals surface area (Å²) in [6.07, 6.45) is 0. The number of phenols is 1. The van der Waals surface area contributed by atoms with E-state index >= 15 is 0 Å². The van der Waals surface area contributed by atoms with Crippen molar-refractivity contribution in [1.82, 2.24) is 9.78 Å². The number of phenolic OH excluding ortho intramolecular Hbond substituents is 1. The van der Waals surface area contributed by atoms with Crippen molar-refractivity contribution in [2.24, 2.45) is 10.2 Å². The Morgan fingerprint density at radius 2 is 1.68 bits per heavy atom. The molecule has 0 saturated heterocycles. The zero-order valence-electron chi connectivity index (χ0n) is 18.3. The number of para-hydroxylation sites is 1. The number of azo groups is 1. The molecule has 0 aliphatic rings. The summed E-state index contributed by atoms with van der Waals surface area (Å²) in [7, 11) is 0. The average Bonchev–Trinajstić information content (AvgIpc) is 3.08. The van der Waals surface area contributed by atoms with Crippen LogP contribution in [0.4, 0.5) is 11.4 Å². The lowest BCUT2D eigenvalue weighted by Gasteiger charge is -2.07. The fraction of sp³-hybridized carbons (Fsp3) is 0.154. The summed E-state index contributed by atoms with van der Waals surface area (Å²) in [4.78, 5) is 24.2. The second-order valence-electron chi connectivity index (χ2n) is 7.75. The van der Waals surface area contributed by atoms with Gasteiger partial charge in [0.2, 0.25) is 0 Å². The maximum absolute atomic E-state index is 12.9. The van der Waals surface area contributed by atoms with Crippen LogP contribution in [0, 0.1) is 20.8 Å². The van der Waals surface area contributed by atoms with Crippen LogP contribution in [0.2, 0.25) is 0 Å². The molecule has 0 radical (unpaired) electrons. The number of aromatic carboxylic acids is 1. The molecule has 3 aromatic carbocycles. The molecular formula is C26H26N4O4. The first-order chi connectivity index (χ1) is 15.8. The number of aromatic amines is 1. The summed E-state index contributed by atoms with van der Waals surface area (Å²) in [5.74, 6) is -1.22. The molecule has 3 N–H and O–H groups in total. The van der Waals surface area contributed by atoms with E-state index in [1.54, 1.807) is 37.3 Å². The van der Waals surface area contributed by atoms with Gasteiger partial charge in [0.1, 0.15) is 5.69 Å². The van der Waals surface area contributed by atoms with Gasteiger partial charge in [0, 0.05) is 5.56 Å². The first-order valence-corrected chi connectivity index (χ1v) is 10.2. The number of hydrogen-bond acceptors (Lipinski definition) is 5. The number of aromatic nitrogens is 2. The van der Waals surface area contributed by atoms with Gasteiger partial charge in [0.15, 0.2) is 11.4 Å². The molecule has 0 bridgehead atoms. The molecular weight excluding hydrogens is 432 g/mol. The maximum Gasteiger partial charge on any atom is 0.335 e. The minimum absolute atomic E-state index is 0. The van der Waals surface area contributed by atoms with Crippen molar-refractivity contribution >= 4 is 17.3 Å². The molecule has 0 aliphatic carbocycles. The lowest BCUT2D eigenvalue weighted by molar-refractivity contribution is 0.0697. The lowest BCUT2D eigenvalue weighted by atomic mass is 10.0. The van der Waals surface area contributed by atoms with E-state index in [0.29, 0.717) is 22.5 Å². The van der Waals surface area contributed by atoms with Crippen molar-refractivity contribution in [3.63, 3.8) is 0 Å². The monoisotopic (exact) mass is 458 g/mol. The van der Waals surface area contributed by atoms with E-state index in [4.69, 9.17) is 0 Å². The number of carbonyl (C=O) groups is 1. The Kier molecular flexibility index (Phi) is 6.81. The van der Waals surface area contributed by atoms with Crippen molar-refractivity contribution in [3.05, 3.63) is 93.4 Å². The van der Waals surface area contributed by atoms with Crippen LogP contribution < -0.4 is 5.56 Å². The highest BCUT2D eigenvalue weighted by Gasteiger charge is 2.14. The molecule has 34 heavy (non-hydrogen) atoms. The number of H-pyrrole nitrogens is 1. The highest BCUT2D eigenvalue weighted by atomic mass is 16.4. The first kappa shape index (κ1) is 24.2. The maximum atomic E-state index is 12.9. The molecule has 4 rings (SSSR count). The number of nitrogens with zero attached hydrogens (tertiary/aromatic N) is 3. The van der Waals surface area contributed by atoms with E-state index in [2.05, 4.69) is 15.3 Å². The number of carboxylic acid groups (broad SMARTS) is 1. The second-order valence-corrected chi connectivity index (χ2v) is 7.75. The molecule has 1 heterocycles. The van der Waals surface area contributed by atoms with Gasteiger partial charge in [-0.3, -0.25) is 9.89 Å². The molecule has 0 fully saturated rings. The number of carboxylic acids is 1. The van der Waals surface area contributed by atoms with Gasteiger partial charge in [-0.2, -0.15) is 0 Å². The predicted molar refractivity (Wildman–Crippen MR) is 132 cm³/mol. The Morgan fingerprint density at radius 1 is 0.941 bits per heavy atom. The van der Waals surface area contributed by atoms with Crippen molar-refractivity contribution in [3.8, 4) is 22.6 Å². The van der Waals surface area contributed by atoms with Gasteiger partial charge in [0.05, 0.1) is 16.9 Å². The van der Waals surface area contributed by atoms with E-state index in [-0.39, 0.29) is 35.7 Å². The first-order valence-electron chi connectivity index (χ1n) is 10.2. The Balaban J connectivity index is 0.00000324. The molecule has 0 amide bonds. The van der Waals surface area contributed by atoms with Crippen molar-refractivity contribution in [2.45, 2.75) is 28.2 Å². The fourth-order valence-corrected chi connectivity index (χ4v) is 3.47. The standard InChI is InChI=1S/C25H22N4O4.CH4/c1-14-10-11-19(12-15(14)2)29-24(31)22(16(3)28-29)27-26-21-9-5-8-20(23(21)30)17-6-4-7-18(13-17)25(32)33;/h4-13,28,30H,1-3H3,(H,32,33);1H4. The van der Waals surface area contributed by atoms with Crippen molar-refractivity contribution < 1.29 is 15.0 Å². The van der Waals surface area contributed by atoms with Crippen LogP contribution in [-0.2, 0) is 0 Å². The summed E-state index contributed by atoms with van der Waals surface area (Å²) >= 11 is 0. The molecule has 0 saturated carbocycles. The third-order valence-electron chi connectivity index (χ3n) is 5.48. The second kappa shape index (κ2) is 9.58. The largest absolute Gasteiger partial charge is 0.505 e. The normalized spacial score (nSPS) is 10.9. The predicted octanol–water partition coefficient (Wildman–Crippen LogP) is 6.21. The van der Waals surface area contributed by atoms with Gasteiger partial charge in [0.25, 0.3) is 5.56 Å². The van der Waals surface area contributed by atoms with Gasteiger partial charge in [-0.05, 0) is 67.8 Å². The average molecular weight is 459 g/mol. The Hall–Kier alpha value is -4.46. The minimum atomic E-state index is -1.06. The summed E-state index contributed by atoms with van der Waals surface area (Å²) in [6.45, 7) is 5.70. The molecule has 0 atom stereocenters. The number of aromatic hydroxyl groups is 1. The van der Waals surface area contributed by atoms with E-state index in [9.17, 15) is 19.8 Å². The number of aryl methyl sites for hydroxylation is 3. The molecule has 8 heteroatoms. The molecule has 0 spiro atoms. The van der Waals surface area contributed by atoms with Crippen LogP contribution in [-0.4, -0.2) is 26.0 Å². The van der Waals surface area contributed by atoms with E-state index < -0.39 is 5.97 Å². The number of benzene rings is 3. The van der Waals surface area contributed by atoms with Crippen LogP contribution in [0.5, 0.6) is 5.75 Å². The van der Waals surface area contributed by atoms with Gasteiger partial charge in [-0.1, -0.05) is 37.8 Å². The molecule has 1 aromatic heterocycles. The lowest BCUT2D eigenvalue weighted by Crippen LogP contribution is -2.14. The molecule has 174 valence electrons. The molecule has 8 nitrogen and oxygen atoms in total. The number of hydrogen-bond donors (Lipinski definition) is 3. The summed E-state index contributed by atoms with van der Waals surface area (Å²) < 4.78 is 1.41. The topological polar surface area (TPSA) is 120 Å². The Bertz CT molecular complexity index is 1460. The quantitative estimate of drug-likeness (QED) is 0.308. The molecule has 0 aliphatic heterocycles. The summed E-state index contributed by atoms with van der Waals surface area (Å²) in [6, 6.07) is 16.8. The molecule has 4 aromatic rings. The van der Waals surface area contributed by atoms with E-state index in [1.807, 2.05) is 32.0 Å². The third-order valence-corrected chi connectivity index (χ3v) is 5.48. The van der Waals surface area contributed by atoms with Crippen LogP contribution in [0.15, 0.2) is 75.7 Å². The van der Waals surface area contributed by atoms with Gasteiger partial charge >= 0.3 is 5.97 Å². The van der Waals surface area contributed by atoms with Crippen LogP contribution in [0.25, 0.3) is 16.8 Å². The third kappa shape index (κ3) is 4.52. The van der Waals surface area contributed by atoms with Crippen LogP contribution >= 0.6 is 0 Å². The zero-order valence-corrected chi connectivity index (χ0v) is 18.3. The Labute approximate surface area is 196 Å². The molecule has 0 unspecified atom stereocenters. The van der Waals surface area contributed by atoms with E-state index in [0.717, 1.165) is 11.1 Å². The van der Waals surface area contributed by atoms with E-state index in [1.165, 1.54) is 16.8 Å². The van der Waals surface area contributed by atoms with Gasteiger partial charge in [-0.15, -0.1) is 10.2 Å². The van der Waals surface area contributed by atoms with Crippen LogP contribution in [0.3, 0.4) is 0 Å². The van der Waals surface area contributed by atoms with Gasteiger partial charge in [-0.25, -0.2) is 9.48 Å². The highest BCUT2D eigenvalue weighted by Crippen LogP contribution is 2.38. The van der Waals surface area contributed by atoms with Crippen LogP contribution in [0.1, 0.15) is 34.6 Å². The highest BCUT2D eigenvalue weighted by molar-refractivity contribution is 5.90. The zero-order chi connectivity index (χ0) is 23.7. The summed E-state index contributed by atoms with van der Waals surface area (Å²) in [5, 5.41) is 31.2. The smallest absolute Gasteiger partial charge is 0.335 e.